The number of halogens is 1. The van der Waals surface area contributed by atoms with Crippen LogP contribution >= 0.6 is 0 Å². The fourth-order valence-electron chi connectivity index (χ4n) is 7.69. The van der Waals surface area contributed by atoms with E-state index in [2.05, 4.69) is 20.9 Å². The molecule has 46 heavy (non-hydrogen) atoms. The van der Waals surface area contributed by atoms with Gasteiger partial charge in [-0.25, -0.2) is 9.37 Å². The lowest BCUT2D eigenvalue weighted by molar-refractivity contribution is 0.281. The molecular weight excluding hydrogens is 571 g/mol. The van der Waals surface area contributed by atoms with E-state index >= 15 is 0 Å². The van der Waals surface area contributed by atoms with Gasteiger partial charge in [0.1, 0.15) is 11.6 Å². The van der Waals surface area contributed by atoms with Gasteiger partial charge in [0.05, 0.1) is 10.9 Å². The van der Waals surface area contributed by atoms with Crippen molar-refractivity contribution in [3.05, 3.63) is 58.6 Å². The Bertz CT molecular complexity index is 1370. The molecule has 3 heterocycles. The van der Waals surface area contributed by atoms with Crippen molar-refractivity contribution in [2.45, 2.75) is 141 Å². The van der Waals surface area contributed by atoms with E-state index in [0.717, 1.165) is 25.3 Å². The molecule has 0 spiro atoms. The molecule has 2 unspecified atom stereocenters. The molecule has 1 aromatic heterocycles. The lowest BCUT2D eigenvalue weighted by Gasteiger charge is -2.32. The zero-order valence-corrected chi connectivity index (χ0v) is 28.4. The summed E-state index contributed by atoms with van der Waals surface area (Å²) in [5.74, 6) is 0.0653. The van der Waals surface area contributed by atoms with Crippen molar-refractivity contribution in [2.75, 3.05) is 31.1 Å². The maximum Gasteiger partial charge on any atom is 0.259 e. The first-order valence-electron chi connectivity index (χ1n) is 19.0. The minimum Gasteiger partial charge on any atom is -0.367 e. The van der Waals surface area contributed by atoms with Crippen molar-refractivity contribution >= 4 is 16.6 Å². The van der Waals surface area contributed by atoms with Crippen LogP contribution in [0, 0.1) is 5.82 Å². The number of rotatable bonds is 2. The molecule has 3 aromatic rings. The summed E-state index contributed by atoms with van der Waals surface area (Å²) in [4.78, 5) is 26.2. The van der Waals surface area contributed by atoms with Crippen LogP contribution in [0.4, 0.5) is 10.1 Å². The third-order valence-electron chi connectivity index (χ3n) is 10.5. The Morgan fingerprint density at radius 2 is 1.24 bits per heavy atom. The topological polar surface area (TPSA) is 52.2 Å². The van der Waals surface area contributed by atoms with Gasteiger partial charge in [-0.1, -0.05) is 128 Å². The second-order valence-corrected chi connectivity index (χ2v) is 14.1. The van der Waals surface area contributed by atoms with Crippen LogP contribution in [0.5, 0.6) is 0 Å². The minimum absolute atomic E-state index is 0.170. The summed E-state index contributed by atoms with van der Waals surface area (Å²) in [6.45, 7) is 4.42. The van der Waals surface area contributed by atoms with Gasteiger partial charge >= 0.3 is 0 Å². The van der Waals surface area contributed by atoms with E-state index in [4.69, 9.17) is 4.98 Å². The highest BCUT2D eigenvalue weighted by molar-refractivity contribution is 5.83. The summed E-state index contributed by atoms with van der Waals surface area (Å²) in [5, 5.41) is 0.600. The maximum absolute atomic E-state index is 13.9. The first-order chi connectivity index (χ1) is 22.7. The van der Waals surface area contributed by atoms with Crippen molar-refractivity contribution in [2.24, 2.45) is 0 Å². The number of anilines is 1. The Morgan fingerprint density at radius 3 is 1.87 bits per heavy atom. The predicted molar refractivity (Wildman–Crippen MR) is 192 cm³/mol. The highest BCUT2D eigenvalue weighted by Gasteiger charge is 2.25. The smallest absolute Gasteiger partial charge is 0.259 e. The summed E-state index contributed by atoms with van der Waals surface area (Å²) in [6.07, 6.45) is 28.8. The van der Waals surface area contributed by atoms with E-state index in [0.29, 0.717) is 28.3 Å². The van der Waals surface area contributed by atoms with Gasteiger partial charge in [0.25, 0.3) is 5.56 Å². The average molecular weight is 631 g/mol. The van der Waals surface area contributed by atoms with Crippen LogP contribution in [0.3, 0.4) is 0 Å². The largest absolute Gasteiger partial charge is 0.367 e. The van der Waals surface area contributed by atoms with Gasteiger partial charge in [0.15, 0.2) is 0 Å². The lowest BCUT2D eigenvalue weighted by atomic mass is 10.0. The Labute approximate surface area is 277 Å². The summed E-state index contributed by atoms with van der Waals surface area (Å²) >= 11 is 0. The van der Waals surface area contributed by atoms with Crippen LogP contribution in [0.1, 0.15) is 135 Å². The van der Waals surface area contributed by atoms with Crippen molar-refractivity contribution in [1.29, 1.82) is 0 Å². The Kier molecular flexibility index (Phi) is 14.4. The molecule has 0 saturated carbocycles. The molecule has 2 saturated heterocycles. The van der Waals surface area contributed by atoms with Crippen LogP contribution < -0.4 is 10.5 Å². The predicted octanol–water partition coefficient (Wildman–Crippen LogP) is 10.4. The molecule has 0 amide bonds. The molecule has 0 radical (unpaired) electrons. The van der Waals surface area contributed by atoms with Gasteiger partial charge in [-0.05, 0) is 56.1 Å². The number of H-pyrrole nitrogens is 1. The monoisotopic (exact) mass is 630 g/mol. The van der Waals surface area contributed by atoms with Crippen molar-refractivity contribution in [3.8, 4) is 11.4 Å². The first-order valence-corrected chi connectivity index (χ1v) is 19.0. The minimum atomic E-state index is -0.339. The fraction of sp³-hybridized carbons (Fsp3) is 0.650. The highest BCUT2D eigenvalue weighted by Crippen LogP contribution is 2.28. The second kappa shape index (κ2) is 19.2. The number of hydrogen-bond donors (Lipinski definition) is 1. The highest BCUT2D eigenvalue weighted by atomic mass is 19.1. The van der Waals surface area contributed by atoms with E-state index in [1.165, 1.54) is 154 Å². The molecule has 5 nitrogen and oxygen atoms in total. The Balaban J connectivity index is 1.24. The van der Waals surface area contributed by atoms with Gasteiger partial charge in [0.2, 0.25) is 0 Å². The number of benzene rings is 2. The molecule has 2 aromatic carbocycles. The lowest BCUT2D eigenvalue weighted by Crippen LogP contribution is -2.36. The van der Waals surface area contributed by atoms with E-state index in [1.807, 2.05) is 12.1 Å². The van der Waals surface area contributed by atoms with Crippen molar-refractivity contribution in [1.82, 2.24) is 14.9 Å². The van der Waals surface area contributed by atoms with Crippen molar-refractivity contribution in [3.63, 3.8) is 0 Å². The second-order valence-electron chi connectivity index (χ2n) is 14.1. The van der Waals surface area contributed by atoms with E-state index in [9.17, 15) is 9.18 Å². The molecule has 2 atom stereocenters. The van der Waals surface area contributed by atoms with Crippen LogP contribution in [0.25, 0.3) is 22.3 Å². The molecule has 5 rings (SSSR count). The van der Waals surface area contributed by atoms with Gasteiger partial charge < -0.3 is 14.8 Å². The molecule has 2 bridgehead atoms. The SMILES string of the molecule is O=c1[nH]c(-c2cccc(F)c2)nc2ccc(N3CCN4CCCCCCCCCCCCCCCCCCCCCC3CC4)cc12. The molecule has 252 valence electrons. The molecular formula is C40H59FN4O. The van der Waals surface area contributed by atoms with Crippen LogP contribution in [0.15, 0.2) is 47.3 Å². The normalized spacial score (nSPS) is 22.9. The summed E-state index contributed by atoms with van der Waals surface area (Å²) in [6, 6.07) is 12.9. The summed E-state index contributed by atoms with van der Waals surface area (Å²) in [5.41, 5.74) is 2.18. The van der Waals surface area contributed by atoms with Gasteiger partial charge in [-0.3, -0.25) is 4.79 Å². The van der Waals surface area contributed by atoms with E-state index < -0.39 is 0 Å². The van der Waals surface area contributed by atoms with Crippen LogP contribution in [-0.2, 0) is 0 Å². The van der Waals surface area contributed by atoms with E-state index in [1.54, 1.807) is 12.1 Å². The van der Waals surface area contributed by atoms with Gasteiger partial charge in [-0.15, -0.1) is 0 Å². The number of aromatic nitrogens is 2. The Hall–Kier alpha value is -2.73. The first kappa shape index (κ1) is 34.6. The van der Waals surface area contributed by atoms with E-state index in [-0.39, 0.29) is 11.4 Å². The maximum atomic E-state index is 13.9. The number of nitrogens with one attached hydrogen (secondary N) is 1. The van der Waals surface area contributed by atoms with Gasteiger partial charge in [-0.2, -0.15) is 0 Å². The summed E-state index contributed by atoms with van der Waals surface area (Å²) in [7, 11) is 0. The molecule has 0 aliphatic carbocycles. The number of nitrogens with zero attached hydrogens (tertiary/aromatic N) is 3. The number of aromatic amines is 1. The Morgan fingerprint density at radius 1 is 0.630 bits per heavy atom. The fourth-order valence-corrected chi connectivity index (χ4v) is 7.69. The zero-order chi connectivity index (χ0) is 31.8. The third-order valence-corrected chi connectivity index (χ3v) is 10.5. The van der Waals surface area contributed by atoms with Crippen LogP contribution in [-0.4, -0.2) is 47.1 Å². The molecule has 6 heteroatoms. The average Bonchev–Trinajstić information content (AvgIpc) is 3.27. The molecule has 1 N–H and O–H groups in total. The number of hydrogen-bond acceptors (Lipinski definition) is 4. The third kappa shape index (κ3) is 10.9. The zero-order valence-electron chi connectivity index (χ0n) is 28.4. The quantitative estimate of drug-likeness (QED) is 0.306. The van der Waals surface area contributed by atoms with Crippen LogP contribution in [0.2, 0.25) is 0 Å². The summed E-state index contributed by atoms with van der Waals surface area (Å²) < 4.78 is 13.9. The number of fused-ring (bicyclic) bond motifs is 4. The molecule has 2 aliphatic heterocycles. The molecule has 2 aliphatic rings. The van der Waals surface area contributed by atoms with Crippen molar-refractivity contribution < 1.29 is 4.39 Å². The molecule has 2 fully saturated rings. The standard InChI is InChI=1S/C40H59FN4O/c41-34-22-20-21-33(31-34)39-42-38-25-24-36(32-37(38)40(46)43-39)45-30-29-44-27-19-17-15-13-11-9-7-5-3-1-2-4-6-8-10-12-14-16-18-23-35(45)26-28-44/h20-22,24-25,31-32,35H,1-19,23,26-30H2,(H,42,43,46). The van der Waals surface area contributed by atoms with Gasteiger partial charge in [0, 0.05) is 36.9 Å².